The molecule has 0 unspecified atom stereocenters. The Hall–Kier alpha value is -3.45. The van der Waals surface area contributed by atoms with Gasteiger partial charge in [-0.3, -0.25) is 4.79 Å². The van der Waals surface area contributed by atoms with Crippen molar-refractivity contribution in [1.29, 1.82) is 0 Å². The van der Waals surface area contributed by atoms with E-state index >= 15 is 0 Å². The Bertz CT molecular complexity index is 1500. The Morgan fingerprint density at radius 3 is 1.09 bits per heavy atom. The first-order valence-corrected chi connectivity index (χ1v) is 22.5. The minimum absolute atomic E-state index is 0.509. The van der Waals surface area contributed by atoms with Crippen LogP contribution in [0.5, 0.6) is 0 Å². The Kier molecular flexibility index (Phi) is 16.1. The smallest absolute Gasteiger partial charge is 0.132 e. The van der Waals surface area contributed by atoms with Crippen LogP contribution in [0.25, 0.3) is 22.3 Å². The lowest BCUT2D eigenvalue weighted by molar-refractivity contribution is -0.119. The molecule has 4 aromatic carbocycles. The highest BCUT2D eigenvalue weighted by Crippen LogP contribution is 2.40. The standard InChI is InChI=1S/C53H70O/c1-3-11-41-17-25-45(26-18-41)49-33-37-51(38-34-49)47-29-21-43(22-30-47)13-7-5-9-15-53(54)16-10-6-8-14-44-23-31-48(32-24-44)52-39-35-50(36-40-52)46-27-19-42(12-4-2)20-28-46/h17-20,25-28,33-40,43-44,47-48H,3-16,21-24,29-32H2,1-2H3. The molecule has 288 valence electrons. The molecule has 0 heterocycles. The molecular formula is C53H70O. The second-order valence-corrected chi connectivity index (χ2v) is 17.3. The molecular weight excluding hydrogens is 653 g/mol. The molecule has 2 saturated carbocycles. The van der Waals surface area contributed by atoms with Gasteiger partial charge in [0.15, 0.2) is 0 Å². The molecule has 1 heteroatoms. The van der Waals surface area contributed by atoms with Crippen LogP contribution < -0.4 is 0 Å². The summed E-state index contributed by atoms with van der Waals surface area (Å²) in [5.41, 5.74) is 11.3. The van der Waals surface area contributed by atoms with E-state index in [0.717, 1.165) is 62.2 Å². The molecule has 2 aliphatic rings. The van der Waals surface area contributed by atoms with Gasteiger partial charge < -0.3 is 0 Å². The third-order valence-electron chi connectivity index (χ3n) is 13.2. The molecule has 0 bridgehead atoms. The van der Waals surface area contributed by atoms with Gasteiger partial charge in [-0.15, -0.1) is 0 Å². The van der Waals surface area contributed by atoms with E-state index in [4.69, 9.17) is 0 Å². The molecule has 0 aliphatic heterocycles. The van der Waals surface area contributed by atoms with Crippen molar-refractivity contribution in [2.45, 2.75) is 167 Å². The fourth-order valence-electron chi connectivity index (χ4n) is 9.76. The fourth-order valence-corrected chi connectivity index (χ4v) is 9.76. The van der Waals surface area contributed by atoms with Crippen molar-refractivity contribution in [2.24, 2.45) is 11.8 Å². The molecule has 0 N–H and O–H groups in total. The SMILES string of the molecule is CCCc1ccc(-c2ccc(C3CCC(CCCCCC(=O)CCCCCC4CCC(c5ccc(-c6ccc(CCC)cc6)cc5)CC4)CC3)cc2)cc1. The summed E-state index contributed by atoms with van der Waals surface area (Å²) in [5.74, 6) is 3.74. The number of carbonyl (C=O) groups excluding carboxylic acids is 1. The first-order chi connectivity index (χ1) is 26.6. The van der Waals surface area contributed by atoms with E-state index in [1.165, 1.54) is 147 Å². The van der Waals surface area contributed by atoms with Crippen LogP contribution in [0.1, 0.15) is 176 Å². The van der Waals surface area contributed by atoms with Gasteiger partial charge in [-0.2, -0.15) is 0 Å². The zero-order valence-corrected chi connectivity index (χ0v) is 34.0. The van der Waals surface area contributed by atoms with Crippen LogP contribution in [0, 0.1) is 11.8 Å². The van der Waals surface area contributed by atoms with Gasteiger partial charge in [-0.1, -0.05) is 162 Å². The van der Waals surface area contributed by atoms with Crippen LogP contribution in [0.15, 0.2) is 97.1 Å². The van der Waals surface area contributed by atoms with E-state index in [1.54, 1.807) is 0 Å². The van der Waals surface area contributed by atoms with Gasteiger partial charge in [0.1, 0.15) is 5.78 Å². The normalized spacial score (nSPS) is 20.2. The lowest BCUT2D eigenvalue weighted by atomic mass is 9.77. The number of hydrogen-bond acceptors (Lipinski definition) is 1. The Morgan fingerprint density at radius 2 is 0.759 bits per heavy atom. The predicted octanol–water partition coefficient (Wildman–Crippen LogP) is 15.6. The molecule has 0 aromatic heterocycles. The third kappa shape index (κ3) is 12.3. The van der Waals surface area contributed by atoms with Gasteiger partial charge in [0.05, 0.1) is 0 Å². The van der Waals surface area contributed by atoms with Crippen LogP contribution in [0.2, 0.25) is 0 Å². The molecule has 1 nitrogen and oxygen atoms in total. The lowest BCUT2D eigenvalue weighted by Crippen LogP contribution is -2.13. The minimum atomic E-state index is 0.509. The van der Waals surface area contributed by atoms with E-state index in [0.29, 0.717) is 5.78 Å². The quantitative estimate of drug-likeness (QED) is 0.0830. The second-order valence-electron chi connectivity index (χ2n) is 17.3. The largest absolute Gasteiger partial charge is 0.300 e. The number of ketones is 1. The third-order valence-corrected chi connectivity index (χ3v) is 13.2. The van der Waals surface area contributed by atoms with Crippen LogP contribution in [-0.4, -0.2) is 5.78 Å². The average Bonchev–Trinajstić information content (AvgIpc) is 3.22. The maximum atomic E-state index is 12.6. The average molecular weight is 723 g/mol. The van der Waals surface area contributed by atoms with Crippen LogP contribution in [-0.2, 0) is 17.6 Å². The zero-order chi connectivity index (χ0) is 37.4. The van der Waals surface area contributed by atoms with E-state index < -0.39 is 0 Å². The van der Waals surface area contributed by atoms with Crippen LogP contribution in [0.4, 0.5) is 0 Å². The number of hydrogen-bond donors (Lipinski definition) is 0. The molecule has 0 atom stereocenters. The van der Waals surface area contributed by atoms with E-state index in [2.05, 4.69) is 111 Å². The Morgan fingerprint density at radius 1 is 0.426 bits per heavy atom. The summed E-state index contributed by atoms with van der Waals surface area (Å²) in [6, 6.07) is 37.1. The van der Waals surface area contributed by atoms with Gasteiger partial charge in [0.25, 0.3) is 0 Å². The first-order valence-electron chi connectivity index (χ1n) is 22.5. The number of aryl methyl sites for hydroxylation is 2. The molecule has 54 heavy (non-hydrogen) atoms. The van der Waals surface area contributed by atoms with Crippen molar-refractivity contribution in [3.05, 3.63) is 119 Å². The van der Waals surface area contributed by atoms with Crippen molar-refractivity contribution in [1.82, 2.24) is 0 Å². The number of Topliss-reactive ketones (excluding diaryl/α,β-unsaturated/α-hetero) is 1. The molecule has 2 fully saturated rings. The summed E-state index contributed by atoms with van der Waals surface area (Å²) in [6.45, 7) is 4.49. The van der Waals surface area contributed by atoms with E-state index in [9.17, 15) is 4.79 Å². The number of unbranched alkanes of at least 4 members (excludes halogenated alkanes) is 4. The summed E-state index contributed by atoms with van der Waals surface area (Å²) in [4.78, 5) is 12.6. The van der Waals surface area contributed by atoms with Crippen molar-refractivity contribution in [2.75, 3.05) is 0 Å². The second kappa shape index (κ2) is 21.6. The molecule has 0 amide bonds. The molecule has 2 aliphatic carbocycles. The summed E-state index contributed by atoms with van der Waals surface area (Å²) < 4.78 is 0. The molecule has 0 radical (unpaired) electrons. The molecule has 0 spiro atoms. The van der Waals surface area contributed by atoms with Gasteiger partial charge in [0.2, 0.25) is 0 Å². The highest BCUT2D eigenvalue weighted by Gasteiger charge is 2.23. The fraction of sp³-hybridized carbons (Fsp3) is 0.528. The van der Waals surface area contributed by atoms with E-state index in [-0.39, 0.29) is 0 Å². The van der Waals surface area contributed by atoms with Gasteiger partial charge in [-0.05, 0) is 145 Å². The zero-order valence-electron chi connectivity index (χ0n) is 34.0. The summed E-state index contributed by atoms with van der Waals surface area (Å²) in [5, 5.41) is 0. The lowest BCUT2D eigenvalue weighted by Gasteiger charge is -2.29. The number of carbonyl (C=O) groups is 1. The molecule has 0 saturated heterocycles. The van der Waals surface area contributed by atoms with Gasteiger partial charge in [-0.25, -0.2) is 0 Å². The van der Waals surface area contributed by atoms with Crippen LogP contribution >= 0.6 is 0 Å². The van der Waals surface area contributed by atoms with Gasteiger partial charge in [0, 0.05) is 12.8 Å². The van der Waals surface area contributed by atoms with Gasteiger partial charge >= 0.3 is 0 Å². The number of benzene rings is 4. The highest BCUT2D eigenvalue weighted by molar-refractivity contribution is 5.78. The summed E-state index contributed by atoms with van der Waals surface area (Å²) in [7, 11) is 0. The maximum Gasteiger partial charge on any atom is 0.132 e. The monoisotopic (exact) mass is 723 g/mol. The van der Waals surface area contributed by atoms with E-state index in [1.807, 2.05) is 0 Å². The van der Waals surface area contributed by atoms with Crippen molar-refractivity contribution in [3.8, 4) is 22.3 Å². The van der Waals surface area contributed by atoms with Crippen LogP contribution in [0.3, 0.4) is 0 Å². The summed E-state index contributed by atoms with van der Waals surface area (Å²) >= 11 is 0. The predicted molar refractivity (Wildman–Crippen MR) is 232 cm³/mol. The first kappa shape index (κ1) is 40.2. The molecule has 6 rings (SSSR count). The van der Waals surface area contributed by atoms with Crippen molar-refractivity contribution >= 4 is 5.78 Å². The van der Waals surface area contributed by atoms with Crippen molar-refractivity contribution in [3.63, 3.8) is 0 Å². The Balaban J connectivity index is 0.762. The van der Waals surface area contributed by atoms with Crippen molar-refractivity contribution < 1.29 is 4.79 Å². The maximum absolute atomic E-state index is 12.6. The highest BCUT2D eigenvalue weighted by atomic mass is 16.1. The summed E-state index contributed by atoms with van der Waals surface area (Å²) in [6.07, 6.45) is 27.1. The topological polar surface area (TPSA) is 17.1 Å². The number of rotatable bonds is 20. The Labute approximate surface area is 329 Å². The minimum Gasteiger partial charge on any atom is -0.300 e. The molecule has 4 aromatic rings.